The van der Waals surface area contributed by atoms with Gasteiger partial charge < -0.3 is 5.84 Å². The number of rotatable bonds is 1. The third-order valence-electron chi connectivity index (χ3n) is 0.631. The Labute approximate surface area is 100 Å². The van der Waals surface area contributed by atoms with Gasteiger partial charge in [0.05, 0.1) is 0 Å². The second-order valence-electron chi connectivity index (χ2n) is 1.40. The molecule has 0 aromatic carbocycles. The minimum absolute atomic E-state index is 0. The topological polar surface area (TPSA) is 113 Å². The van der Waals surface area contributed by atoms with Gasteiger partial charge in [-0.1, -0.05) is 16.4 Å². The van der Waals surface area contributed by atoms with Crippen molar-refractivity contribution in [3.63, 3.8) is 0 Å². The van der Waals surface area contributed by atoms with E-state index in [1.807, 2.05) is 0 Å². The Hall–Kier alpha value is -0.821. The fraction of sp³-hybridized carbons (Fsp3) is 0. The van der Waals surface area contributed by atoms with E-state index < -0.39 is 0 Å². The first-order valence-corrected chi connectivity index (χ1v) is 3.48. The molecule has 0 aliphatic carbocycles. The van der Waals surface area contributed by atoms with Crippen molar-refractivity contribution in [2.45, 2.75) is 0 Å². The molecule has 1 aromatic rings. The van der Waals surface area contributed by atoms with E-state index >= 15 is 0 Å². The summed E-state index contributed by atoms with van der Waals surface area (Å²) in [7, 11) is 0. The minimum atomic E-state index is 0. The Morgan fingerprint density at radius 3 is 2.36 bits per heavy atom. The molecule has 0 saturated heterocycles. The number of nitrogens with one attached hydrogen (secondary N) is 1. The Morgan fingerprint density at radius 2 is 2.14 bits per heavy atom. The SMILES string of the molecule is Clc1[c-]nnnc1Cl.N=NC=NN.[Cu+]. The molecular formula is C4H4Cl2CuN7. The van der Waals surface area contributed by atoms with Gasteiger partial charge in [0.15, 0.2) is 6.34 Å². The second-order valence-corrected chi connectivity index (χ2v) is 2.14. The van der Waals surface area contributed by atoms with Crippen LogP contribution < -0.4 is 5.84 Å². The van der Waals surface area contributed by atoms with Gasteiger partial charge in [-0.2, -0.15) is 16.7 Å². The van der Waals surface area contributed by atoms with Crippen LogP contribution >= 0.6 is 23.2 Å². The van der Waals surface area contributed by atoms with E-state index in [2.05, 4.69) is 37.7 Å². The monoisotopic (exact) mass is 283 g/mol. The average Bonchev–Trinajstić information content (AvgIpc) is 2.13. The molecular weight excluding hydrogens is 281 g/mol. The summed E-state index contributed by atoms with van der Waals surface area (Å²) in [5.74, 6) is 4.49. The van der Waals surface area contributed by atoms with Crippen molar-refractivity contribution < 1.29 is 17.1 Å². The molecule has 0 aliphatic heterocycles. The predicted octanol–water partition coefficient (Wildman–Crippen LogP) is 0.895. The van der Waals surface area contributed by atoms with Crippen LogP contribution in [0.2, 0.25) is 10.2 Å². The fourth-order valence-corrected chi connectivity index (χ4v) is 0.403. The molecule has 10 heteroatoms. The molecule has 7 nitrogen and oxygen atoms in total. The summed E-state index contributed by atoms with van der Waals surface area (Å²) in [6, 6.07) is 0. The Bertz CT molecular complexity index is 272. The fourth-order valence-electron chi connectivity index (χ4n) is 0.251. The first-order chi connectivity index (χ1) is 6.22. The van der Waals surface area contributed by atoms with Crippen molar-refractivity contribution in [2.24, 2.45) is 16.1 Å². The zero-order chi connectivity index (χ0) is 10.1. The smallest absolute Gasteiger partial charge is 0.322 e. The van der Waals surface area contributed by atoms with Crippen molar-refractivity contribution in [1.82, 2.24) is 15.4 Å². The molecule has 0 bridgehead atoms. The summed E-state index contributed by atoms with van der Waals surface area (Å²) in [5.41, 5.74) is 6.00. The van der Waals surface area contributed by atoms with Crippen LogP contribution in [-0.2, 0) is 17.1 Å². The van der Waals surface area contributed by atoms with Crippen LogP contribution in [0, 0.1) is 11.7 Å². The van der Waals surface area contributed by atoms with Crippen LogP contribution in [-0.4, -0.2) is 21.7 Å². The number of hydrogen-bond donors (Lipinski definition) is 2. The van der Waals surface area contributed by atoms with Gasteiger partial charge in [-0.15, -0.1) is 16.7 Å². The van der Waals surface area contributed by atoms with Gasteiger partial charge in [0, 0.05) is 5.15 Å². The third kappa shape index (κ3) is 7.81. The maximum absolute atomic E-state index is 6.00. The van der Waals surface area contributed by atoms with Crippen molar-refractivity contribution in [3.8, 4) is 0 Å². The van der Waals surface area contributed by atoms with E-state index in [1.165, 1.54) is 0 Å². The van der Waals surface area contributed by atoms with Gasteiger partial charge >= 0.3 is 17.1 Å². The molecule has 80 valence electrons. The number of nitrogens with zero attached hydrogens (tertiary/aromatic N) is 5. The number of hydrazone groups is 1. The first kappa shape index (κ1) is 15.6. The maximum atomic E-state index is 6.00. The van der Waals surface area contributed by atoms with Gasteiger partial charge in [0.1, 0.15) is 0 Å². The summed E-state index contributed by atoms with van der Waals surface area (Å²) in [6.07, 6.45) is 3.25. The summed E-state index contributed by atoms with van der Waals surface area (Å²) < 4.78 is 0. The summed E-state index contributed by atoms with van der Waals surface area (Å²) in [4.78, 5) is 0. The van der Waals surface area contributed by atoms with Crippen LogP contribution in [0.5, 0.6) is 0 Å². The van der Waals surface area contributed by atoms with E-state index in [1.54, 1.807) is 0 Å². The van der Waals surface area contributed by atoms with E-state index in [4.69, 9.17) is 28.7 Å². The van der Waals surface area contributed by atoms with E-state index in [9.17, 15) is 0 Å². The summed E-state index contributed by atoms with van der Waals surface area (Å²) >= 11 is 10.7. The van der Waals surface area contributed by atoms with Gasteiger partial charge in [0.2, 0.25) is 0 Å². The molecule has 0 saturated carbocycles. The largest absolute Gasteiger partial charge is 1.00 e. The quantitative estimate of drug-likeness (QED) is 0.152. The molecule has 0 spiro atoms. The number of hydrogen-bond acceptors (Lipinski definition) is 6. The molecule has 0 radical (unpaired) electrons. The summed E-state index contributed by atoms with van der Waals surface area (Å²) in [5, 5.41) is 15.6. The van der Waals surface area contributed by atoms with Gasteiger partial charge in [-0.05, 0) is 0 Å². The van der Waals surface area contributed by atoms with Crippen molar-refractivity contribution in [1.29, 1.82) is 5.53 Å². The number of halogens is 2. The zero-order valence-corrected chi connectivity index (χ0v) is 8.90. The molecule has 0 unspecified atom stereocenters. The van der Waals surface area contributed by atoms with E-state index in [0.29, 0.717) is 0 Å². The standard InChI is InChI=1S/C3Cl2N3.CH4N4.Cu/c4-2-1-6-8-7-3(2)5;2-4-1-5-3;/h;1-2H,3H2;/q-1;;+1. The molecule has 0 aliphatic rings. The Balaban J connectivity index is 0. The second kappa shape index (κ2) is 10.3. The first-order valence-electron chi connectivity index (χ1n) is 2.72. The average molecular weight is 285 g/mol. The maximum Gasteiger partial charge on any atom is 1.00 e. The predicted molar refractivity (Wildman–Crippen MR) is 46.5 cm³/mol. The number of nitrogens with two attached hydrogens (primary N) is 1. The molecule has 3 N–H and O–H groups in total. The van der Waals surface area contributed by atoms with Crippen LogP contribution in [0.1, 0.15) is 0 Å². The van der Waals surface area contributed by atoms with Gasteiger partial charge in [0.25, 0.3) is 0 Å². The molecule has 0 atom stereocenters. The molecule has 1 rings (SSSR count). The minimum Gasteiger partial charge on any atom is -0.322 e. The Morgan fingerprint density at radius 1 is 1.50 bits per heavy atom. The molecule has 0 amide bonds. The molecule has 1 aromatic heterocycles. The molecule has 0 fully saturated rings. The van der Waals surface area contributed by atoms with Crippen molar-refractivity contribution in [2.75, 3.05) is 0 Å². The van der Waals surface area contributed by atoms with Crippen molar-refractivity contribution in [3.05, 3.63) is 16.4 Å². The molecule has 1 heterocycles. The Kier molecular flexibility index (Phi) is 11.5. The van der Waals surface area contributed by atoms with Crippen molar-refractivity contribution >= 4 is 29.5 Å². The zero-order valence-electron chi connectivity index (χ0n) is 6.45. The summed E-state index contributed by atoms with van der Waals surface area (Å²) in [6.45, 7) is 0. The normalized spacial score (nSPS) is 8.43. The van der Waals surface area contributed by atoms with E-state index in [0.717, 1.165) is 6.34 Å². The van der Waals surface area contributed by atoms with Crippen LogP contribution in [0.3, 0.4) is 0 Å². The van der Waals surface area contributed by atoms with E-state index in [-0.39, 0.29) is 27.2 Å². The van der Waals surface area contributed by atoms with Crippen LogP contribution in [0.15, 0.2) is 10.2 Å². The molecule has 14 heavy (non-hydrogen) atoms. The van der Waals surface area contributed by atoms with Crippen LogP contribution in [0.4, 0.5) is 0 Å². The van der Waals surface area contributed by atoms with Gasteiger partial charge in [-0.3, -0.25) is 0 Å². The number of aromatic nitrogens is 3. The van der Waals surface area contributed by atoms with Crippen LogP contribution in [0.25, 0.3) is 0 Å². The van der Waals surface area contributed by atoms with Gasteiger partial charge in [-0.25, -0.2) is 15.7 Å². The third-order valence-corrected chi connectivity index (χ3v) is 1.26.